The second-order valence-corrected chi connectivity index (χ2v) is 7.37. The van der Waals surface area contributed by atoms with Gasteiger partial charge in [0.2, 0.25) is 0 Å². The van der Waals surface area contributed by atoms with Crippen molar-refractivity contribution in [3.8, 4) is 0 Å². The van der Waals surface area contributed by atoms with Crippen molar-refractivity contribution >= 4 is 44.4 Å². The van der Waals surface area contributed by atoms with E-state index in [1.807, 2.05) is 18.2 Å². The number of rotatable bonds is 4. The molecule has 0 atom stereocenters. The quantitative estimate of drug-likeness (QED) is 0.575. The number of fused-ring (bicyclic) bond motifs is 1. The van der Waals surface area contributed by atoms with E-state index in [-0.39, 0.29) is 5.97 Å². The molecular formula is C20H20BrN5O2. The van der Waals surface area contributed by atoms with Crippen LogP contribution in [-0.4, -0.2) is 53.7 Å². The van der Waals surface area contributed by atoms with E-state index in [1.165, 1.54) is 0 Å². The van der Waals surface area contributed by atoms with Crippen LogP contribution < -0.4 is 9.80 Å². The lowest BCUT2D eigenvalue weighted by molar-refractivity contribution is 0.0526. The van der Waals surface area contributed by atoms with Crippen molar-refractivity contribution in [3.63, 3.8) is 0 Å². The summed E-state index contributed by atoms with van der Waals surface area (Å²) in [5.74, 6) is 1.48. The molecule has 8 heteroatoms. The molecule has 1 fully saturated rings. The lowest BCUT2D eigenvalue weighted by Gasteiger charge is -2.36. The number of benzene rings is 1. The number of nitrogens with zero attached hydrogens (tertiary/aromatic N) is 5. The number of hydrogen-bond donors (Lipinski definition) is 0. The number of ether oxygens (including phenoxy) is 1. The smallest absolute Gasteiger partial charge is 0.339 e. The van der Waals surface area contributed by atoms with Crippen molar-refractivity contribution in [2.45, 2.75) is 6.92 Å². The van der Waals surface area contributed by atoms with E-state index in [2.05, 4.69) is 46.7 Å². The molecule has 0 N–H and O–H groups in total. The first-order valence-corrected chi connectivity index (χ1v) is 9.98. The first kappa shape index (κ1) is 18.6. The highest BCUT2D eigenvalue weighted by atomic mass is 79.9. The lowest BCUT2D eigenvalue weighted by Crippen LogP contribution is -2.47. The minimum atomic E-state index is -0.340. The van der Waals surface area contributed by atoms with Crippen LogP contribution in [-0.2, 0) is 4.74 Å². The highest BCUT2D eigenvalue weighted by molar-refractivity contribution is 9.10. The molecule has 2 aromatic heterocycles. The van der Waals surface area contributed by atoms with Gasteiger partial charge in [-0.2, -0.15) is 0 Å². The minimum absolute atomic E-state index is 0.340. The summed E-state index contributed by atoms with van der Waals surface area (Å²) in [5, 5.41) is 1.04. The van der Waals surface area contributed by atoms with Crippen LogP contribution in [0.25, 0.3) is 10.9 Å². The number of hydrogen-bond acceptors (Lipinski definition) is 7. The third-order valence-electron chi connectivity index (χ3n) is 4.74. The molecule has 7 nitrogen and oxygen atoms in total. The van der Waals surface area contributed by atoms with Gasteiger partial charge in [-0.05, 0) is 37.3 Å². The highest BCUT2D eigenvalue weighted by Crippen LogP contribution is 2.27. The van der Waals surface area contributed by atoms with Crippen molar-refractivity contribution in [2.24, 2.45) is 0 Å². The Kier molecular flexibility index (Phi) is 5.38. The largest absolute Gasteiger partial charge is 0.462 e. The summed E-state index contributed by atoms with van der Waals surface area (Å²) in [4.78, 5) is 29.6. The van der Waals surface area contributed by atoms with Gasteiger partial charge in [0, 0.05) is 42.2 Å². The number of halogens is 1. The fourth-order valence-electron chi connectivity index (χ4n) is 3.32. The Morgan fingerprint density at radius 1 is 1.07 bits per heavy atom. The molecule has 0 saturated carbocycles. The van der Waals surface area contributed by atoms with Gasteiger partial charge in [-0.1, -0.05) is 15.9 Å². The van der Waals surface area contributed by atoms with Gasteiger partial charge < -0.3 is 14.5 Å². The summed E-state index contributed by atoms with van der Waals surface area (Å²) in [6.45, 7) is 5.46. The van der Waals surface area contributed by atoms with Gasteiger partial charge in [0.05, 0.1) is 17.7 Å². The van der Waals surface area contributed by atoms with Gasteiger partial charge in [0.1, 0.15) is 18.0 Å². The normalized spacial score (nSPS) is 14.4. The van der Waals surface area contributed by atoms with Crippen molar-refractivity contribution in [1.29, 1.82) is 0 Å². The molecule has 144 valence electrons. The summed E-state index contributed by atoms with van der Waals surface area (Å²) < 4.78 is 6.02. The van der Waals surface area contributed by atoms with Gasteiger partial charge in [-0.15, -0.1) is 0 Å². The molecular weight excluding hydrogens is 422 g/mol. The van der Waals surface area contributed by atoms with Gasteiger partial charge in [0.25, 0.3) is 0 Å². The van der Waals surface area contributed by atoms with Gasteiger partial charge in [-0.25, -0.2) is 19.7 Å². The third kappa shape index (κ3) is 3.77. The van der Waals surface area contributed by atoms with Crippen LogP contribution >= 0.6 is 15.9 Å². The summed E-state index contributed by atoms with van der Waals surface area (Å²) in [5.41, 5.74) is 1.41. The second kappa shape index (κ2) is 8.10. The summed E-state index contributed by atoms with van der Waals surface area (Å²) in [7, 11) is 0. The van der Waals surface area contributed by atoms with Crippen LogP contribution in [0.5, 0.6) is 0 Å². The lowest BCUT2D eigenvalue weighted by atomic mass is 10.2. The zero-order chi connectivity index (χ0) is 19.5. The van der Waals surface area contributed by atoms with Crippen LogP contribution in [0.3, 0.4) is 0 Å². The maximum atomic E-state index is 11.8. The van der Waals surface area contributed by atoms with Gasteiger partial charge in [-0.3, -0.25) is 0 Å². The molecule has 0 radical (unpaired) electrons. The van der Waals surface area contributed by atoms with Crippen LogP contribution in [0, 0.1) is 0 Å². The van der Waals surface area contributed by atoms with Crippen molar-refractivity contribution in [3.05, 3.63) is 52.9 Å². The van der Waals surface area contributed by atoms with Crippen LogP contribution in [0.15, 0.2) is 47.3 Å². The van der Waals surface area contributed by atoms with E-state index in [9.17, 15) is 4.79 Å². The Labute approximate surface area is 171 Å². The van der Waals surface area contributed by atoms with Gasteiger partial charge >= 0.3 is 5.97 Å². The number of aromatic nitrogens is 3. The van der Waals surface area contributed by atoms with E-state index >= 15 is 0 Å². The molecule has 3 heterocycles. The standard InChI is InChI=1S/C20H20BrN5O2/c1-2-28-20(27)14-3-6-18(22-12-14)25-7-9-26(10-8-25)19-16-11-15(21)4-5-17(16)23-13-24-19/h3-6,11-13H,2,7-10H2,1H3. The molecule has 3 aromatic rings. The molecule has 1 aliphatic heterocycles. The fraction of sp³-hybridized carbons (Fsp3) is 0.300. The average Bonchev–Trinajstić information content (AvgIpc) is 2.74. The topological polar surface area (TPSA) is 71.5 Å². The molecule has 0 amide bonds. The van der Waals surface area contributed by atoms with E-state index in [0.717, 1.165) is 53.2 Å². The predicted molar refractivity (Wildman–Crippen MR) is 112 cm³/mol. The minimum Gasteiger partial charge on any atom is -0.462 e. The number of piperazine rings is 1. The Bertz CT molecular complexity index is 988. The zero-order valence-corrected chi connectivity index (χ0v) is 17.1. The Hall–Kier alpha value is -2.74. The SMILES string of the molecule is CCOC(=O)c1ccc(N2CCN(c3ncnc4ccc(Br)cc34)CC2)nc1. The molecule has 0 bridgehead atoms. The van der Waals surface area contributed by atoms with E-state index in [0.29, 0.717) is 12.2 Å². The van der Waals surface area contributed by atoms with Crippen LogP contribution in [0.4, 0.5) is 11.6 Å². The fourth-order valence-corrected chi connectivity index (χ4v) is 3.68. The predicted octanol–water partition coefficient (Wildman–Crippen LogP) is 3.29. The number of esters is 1. The van der Waals surface area contributed by atoms with Crippen LogP contribution in [0.2, 0.25) is 0 Å². The molecule has 0 spiro atoms. The third-order valence-corrected chi connectivity index (χ3v) is 5.23. The molecule has 1 saturated heterocycles. The molecule has 1 aliphatic rings. The Morgan fingerprint density at radius 2 is 1.86 bits per heavy atom. The highest BCUT2D eigenvalue weighted by Gasteiger charge is 2.21. The zero-order valence-electron chi connectivity index (χ0n) is 15.5. The summed E-state index contributed by atoms with van der Waals surface area (Å²) in [6.07, 6.45) is 3.20. The van der Waals surface area contributed by atoms with E-state index in [4.69, 9.17) is 4.74 Å². The summed E-state index contributed by atoms with van der Waals surface area (Å²) >= 11 is 3.53. The number of carbonyl (C=O) groups is 1. The van der Waals surface area contributed by atoms with Crippen molar-refractivity contribution in [1.82, 2.24) is 15.0 Å². The maximum absolute atomic E-state index is 11.8. The Morgan fingerprint density at radius 3 is 2.57 bits per heavy atom. The molecule has 1 aromatic carbocycles. The summed E-state index contributed by atoms with van der Waals surface area (Å²) in [6, 6.07) is 9.69. The van der Waals surface area contributed by atoms with E-state index < -0.39 is 0 Å². The first-order valence-electron chi connectivity index (χ1n) is 9.19. The average molecular weight is 442 g/mol. The number of anilines is 2. The second-order valence-electron chi connectivity index (χ2n) is 6.46. The van der Waals surface area contributed by atoms with Crippen LogP contribution in [0.1, 0.15) is 17.3 Å². The van der Waals surface area contributed by atoms with Crippen molar-refractivity contribution in [2.75, 3.05) is 42.6 Å². The first-order chi connectivity index (χ1) is 13.7. The molecule has 0 unspecified atom stereocenters. The Balaban J connectivity index is 1.47. The molecule has 4 rings (SSSR count). The van der Waals surface area contributed by atoms with Crippen molar-refractivity contribution < 1.29 is 9.53 Å². The van der Waals surface area contributed by atoms with Gasteiger partial charge in [0.15, 0.2) is 0 Å². The number of pyridine rings is 1. The number of carbonyl (C=O) groups excluding carboxylic acids is 1. The molecule has 0 aliphatic carbocycles. The maximum Gasteiger partial charge on any atom is 0.339 e. The monoisotopic (exact) mass is 441 g/mol. The molecule has 28 heavy (non-hydrogen) atoms. The van der Waals surface area contributed by atoms with E-state index in [1.54, 1.807) is 25.5 Å².